The van der Waals surface area contributed by atoms with Gasteiger partial charge in [-0.05, 0) is 111 Å². The van der Waals surface area contributed by atoms with Gasteiger partial charge in [-0.15, -0.1) is 0 Å². The molecule has 384 valence electrons. The quantitative estimate of drug-likeness (QED) is 0.183. The molecule has 0 radical (unpaired) electrons. The largest absolute Gasteiger partial charge is 3.00 e. The van der Waals surface area contributed by atoms with Crippen molar-refractivity contribution in [2.24, 2.45) is 20.0 Å². The smallest absolute Gasteiger partial charge is 3.00 e. The van der Waals surface area contributed by atoms with E-state index in [0.717, 1.165) is 106 Å². The zero-order valence-electron chi connectivity index (χ0n) is 40.5. The minimum atomic E-state index is -1.08. The van der Waals surface area contributed by atoms with Gasteiger partial charge in [-0.25, -0.2) is 0 Å². The SMILES string of the molecule is CC(=O)[O-].CC(=O)[O-].CC(=O)[O-].CC(=O)[O-].CC1=NCCNC(C)(C)CC(C)=NCCNC(C)(C)C1.CC1=NCCNC(C)(C)CC(C)=NCCNC(C)(C)C1.I[I-]I.I[I-]I.[Co+3].[Co+3]. The summed E-state index contributed by atoms with van der Waals surface area (Å²) < 4.78 is 0. The first-order chi connectivity index (χ1) is 28.2. The van der Waals surface area contributed by atoms with Gasteiger partial charge in [-0.2, -0.15) is 0 Å². The zero-order valence-corrected chi connectivity index (χ0v) is 55.5. The van der Waals surface area contributed by atoms with Crippen LogP contribution in [0.15, 0.2) is 20.0 Å². The second-order valence-electron chi connectivity index (χ2n) is 16.5. The van der Waals surface area contributed by atoms with Gasteiger partial charge in [-0.1, -0.05) is 0 Å². The summed E-state index contributed by atoms with van der Waals surface area (Å²) in [6.07, 6.45) is 3.94. The van der Waals surface area contributed by atoms with Crippen LogP contribution in [0.5, 0.6) is 0 Å². The first-order valence-electron chi connectivity index (χ1n) is 19.6. The summed E-state index contributed by atoms with van der Waals surface area (Å²) in [5.74, 6) is -4.33. The number of aliphatic imine (C=N–C) groups is 4. The maximum absolute atomic E-state index is 8.89. The number of carbonyl (C=O) groups excluding carboxylic acids is 4. The van der Waals surface area contributed by atoms with Crippen molar-refractivity contribution in [3.63, 3.8) is 0 Å². The van der Waals surface area contributed by atoms with E-state index in [-0.39, 0.29) is 55.7 Å². The Morgan fingerprint density at radius 3 is 0.641 bits per heavy atom. The molecule has 0 atom stereocenters. The third-order valence-corrected chi connectivity index (χ3v) is 7.18. The number of halogens is 6. The van der Waals surface area contributed by atoms with Crippen LogP contribution < -0.4 is 68.2 Å². The minimum absolute atomic E-state index is 0. The van der Waals surface area contributed by atoms with Crippen molar-refractivity contribution >= 4 is 121 Å². The molecule has 64 heavy (non-hydrogen) atoms. The van der Waals surface area contributed by atoms with E-state index in [1.807, 2.05) is 0 Å². The number of hydrogen-bond acceptors (Lipinski definition) is 16. The van der Waals surface area contributed by atoms with Crippen molar-refractivity contribution in [2.75, 3.05) is 52.4 Å². The Bertz CT molecular complexity index is 1140. The third kappa shape index (κ3) is 86.9. The van der Waals surface area contributed by atoms with E-state index in [9.17, 15) is 0 Å². The van der Waals surface area contributed by atoms with Crippen LogP contribution in [-0.2, 0) is 52.7 Å². The molecular formula is C40H76Co2I6N8O8. The molecule has 0 aliphatic carbocycles. The molecule has 0 aromatic carbocycles. The van der Waals surface area contributed by atoms with Crippen molar-refractivity contribution in [3.05, 3.63) is 0 Å². The monoisotopic (exact) mass is 1680 g/mol. The molecule has 0 aromatic rings. The van der Waals surface area contributed by atoms with Gasteiger partial charge in [0.05, 0.1) is 26.2 Å². The van der Waals surface area contributed by atoms with Gasteiger partial charge in [-0.3, -0.25) is 20.0 Å². The molecule has 0 saturated carbocycles. The number of carboxylic acid groups (broad SMARTS) is 4. The van der Waals surface area contributed by atoms with Gasteiger partial charge >= 0.3 is 135 Å². The molecule has 0 fully saturated rings. The van der Waals surface area contributed by atoms with E-state index >= 15 is 0 Å². The number of hydrogen-bond donors (Lipinski definition) is 4. The second kappa shape index (κ2) is 51.2. The van der Waals surface area contributed by atoms with E-state index < -0.39 is 23.9 Å². The van der Waals surface area contributed by atoms with Crippen molar-refractivity contribution < 1.29 is 99.7 Å². The van der Waals surface area contributed by atoms with Crippen molar-refractivity contribution in [1.29, 1.82) is 0 Å². The Morgan fingerprint density at radius 2 is 0.531 bits per heavy atom. The minimum Gasteiger partial charge on any atom is 3.00 e. The fourth-order valence-electron chi connectivity index (χ4n) is 5.60. The van der Waals surface area contributed by atoms with Crippen LogP contribution in [0.25, 0.3) is 0 Å². The Labute approximate surface area is 466 Å². The Morgan fingerprint density at radius 1 is 0.422 bits per heavy atom. The van der Waals surface area contributed by atoms with Crippen LogP contribution in [-0.4, -0.2) is 121 Å². The predicted molar refractivity (Wildman–Crippen MR) is 278 cm³/mol. The molecule has 2 aliphatic rings. The predicted octanol–water partition coefficient (Wildman–Crippen LogP) is -2.55. The van der Waals surface area contributed by atoms with E-state index in [4.69, 9.17) is 39.6 Å². The standard InChI is InChI=1S/2C16H32N4.4C2H4O2.2Co.2I3/c2*1-13-11-15(3,4)19-10-8-18-14(2)12-16(5,6)20-9-7-17-13;4*1-2(3)4;;;2*1-3-2/h2*19-20H,7-12H2,1-6H3;4*1H3,(H,3,4);;;;/q;;;;;;2*+3;2*-1/p-4. The summed E-state index contributed by atoms with van der Waals surface area (Å²) in [6, 6.07) is 0. The fraction of sp³-hybridized carbons (Fsp3) is 0.800. The molecule has 2 aliphatic heterocycles. The van der Waals surface area contributed by atoms with Crippen LogP contribution in [0.3, 0.4) is 0 Å². The summed E-state index contributed by atoms with van der Waals surface area (Å²) in [4.78, 5) is 54.3. The van der Waals surface area contributed by atoms with Gasteiger partial charge in [0.2, 0.25) is 0 Å². The summed E-state index contributed by atoms with van der Waals surface area (Å²) in [5.41, 5.74) is 5.25. The molecule has 0 spiro atoms. The van der Waals surface area contributed by atoms with Crippen LogP contribution in [0.2, 0.25) is 0 Å². The number of nitrogens with zero attached hydrogens (tertiary/aromatic N) is 4. The number of carbonyl (C=O) groups is 4. The molecule has 2 rings (SSSR count). The van der Waals surface area contributed by atoms with E-state index in [2.05, 4.69) is 199 Å². The first kappa shape index (κ1) is 82.7. The van der Waals surface area contributed by atoms with Crippen LogP contribution >= 0.6 is 74.5 Å². The van der Waals surface area contributed by atoms with Gasteiger partial charge in [0.25, 0.3) is 0 Å². The Balaban J connectivity index is -0.000000110. The summed E-state index contributed by atoms with van der Waals surface area (Å²) in [5, 5.41) is 49.9. The Kier molecular flexibility index (Phi) is 66.1. The molecule has 4 N–H and O–H groups in total. The van der Waals surface area contributed by atoms with Gasteiger partial charge in [0.15, 0.2) is 0 Å². The van der Waals surface area contributed by atoms with Crippen molar-refractivity contribution in [2.45, 2.75) is 159 Å². The van der Waals surface area contributed by atoms with Gasteiger partial charge in [0, 0.05) is 121 Å². The first-order valence-corrected chi connectivity index (χ1v) is 44.7. The molecule has 0 amide bonds. The average molecular weight is 1680 g/mol. The number of aliphatic carboxylic acids is 4. The molecule has 2 heterocycles. The van der Waals surface area contributed by atoms with Crippen molar-refractivity contribution in [1.82, 2.24) is 21.3 Å². The number of nitrogens with one attached hydrogen (secondary N) is 4. The molecule has 24 heteroatoms. The summed E-state index contributed by atoms with van der Waals surface area (Å²) in [7, 11) is 0. The third-order valence-electron chi connectivity index (χ3n) is 7.18. The van der Waals surface area contributed by atoms with Crippen molar-refractivity contribution in [3.8, 4) is 0 Å². The van der Waals surface area contributed by atoms with E-state index in [1.54, 1.807) is 0 Å². The molecule has 16 nitrogen and oxygen atoms in total. The summed E-state index contributed by atoms with van der Waals surface area (Å²) >= 11 is 10.6. The summed E-state index contributed by atoms with van der Waals surface area (Å²) in [6.45, 7) is 37.3. The second-order valence-corrected chi connectivity index (χ2v) is 49.0. The topological polar surface area (TPSA) is 258 Å². The number of rotatable bonds is 0. The maximum Gasteiger partial charge on any atom is 3.00 e. The van der Waals surface area contributed by atoms with E-state index in [0.29, 0.717) is 26.5 Å². The van der Waals surface area contributed by atoms with Crippen LogP contribution in [0.4, 0.5) is 0 Å². The normalized spacial score (nSPS) is 18.1. The molecule has 0 unspecified atom stereocenters. The Hall–Kier alpha value is 1.79. The zero-order chi connectivity index (χ0) is 50.2. The van der Waals surface area contributed by atoms with E-state index in [1.165, 1.54) is 22.8 Å². The average Bonchev–Trinajstić information content (AvgIpc) is 3.04. The number of carboxylic acids is 4. The van der Waals surface area contributed by atoms with Crippen LogP contribution in [0, 0.1) is 0 Å². The molecule has 0 bridgehead atoms. The fourth-order valence-corrected chi connectivity index (χ4v) is 5.60. The van der Waals surface area contributed by atoms with Crippen LogP contribution in [0.1, 0.15) is 136 Å². The molecule has 0 saturated heterocycles. The molecule has 0 aromatic heterocycles. The maximum atomic E-state index is 8.89. The molecular weight excluding hydrogens is 1600 g/mol. The van der Waals surface area contributed by atoms with Gasteiger partial charge < -0.3 is 60.9 Å². The van der Waals surface area contributed by atoms with Gasteiger partial charge in [0.1, 0.15) is 0 Å².